The molecule has 2 saturated heterocycles. The van der Waals surface area contributed by atoms with Crippen molar-refractivity contribution in [3.05, 3.63) is 36.0 Å². The highest BCUT2D eigenvalue weighted by Gasteiger charge is 2.50. The van der Waals surface area contributed by atoms with Crippen molar-refractivity contribution >= 4 is 28.7 Å². The van der Waals surface area contributed by atoms with Gasteiger partial charge in [0.2, 0.25) is 11.8 Å². The van der Waals surface area contributed by atoms with Crippen molar-refractivity contribution in [2.45, 2.75) is 37.4 Å². The summed E-state index contributed by atoms with van der Waals surface area (Å²) in [5.74, 6) is -1.62. The number of piperazine rings is 1. The molecule has 2 aromatic rings. The molecule has 7 heteroatoms. The number of carbonyl (C=O) groups excluding carboxylic acids is 2. The van der Waals surface area contributed by atoms with Gasteiger partial charge in [-0.25, -0.2) is 4.79 Å². The first-order chi connectivity index (χ1) is 11.6. The number of H-pyrrole nitrogens is 1. The standard InChI is InChI=1S/C17H17N3O4/c21-15-13-5-6-14(17(23)24)20(13)16(22)12(19-15)7-9-8-18-11-4-2-1-3-10(9)11/h1-4,8,12-14,18H,5-7H2,(H,19,21)(H,23,24)/t12-,13+,14-/m0/s1. The highest BCUT2D eigenvalue weighted by molar-refractivity contribution is 6.00. The first-order valence-corrected chi connectivity index (χ1v) is 7.96. The number of hydrogen-bond donors (Lipinski definition) is 3. The van der Waals surface area contributed by atoms with Gasteiger partial charge in [-0.05, 0) is 24.5 Å². The highest BCUT2D eigenvalue weighted by Crippen LogP contribution is 2.29. The van der Waals surface area contributed by atoms with Crippen LogP contribution in [0.1, 0.15) is 18.4 Å². The summed E-state index contributed by atoms with van der Waals surface area (Å²) in [7, 11) is 0. The topological polar surface area (TPSA) is 103 Å². The number of benzene rings is 1. The Morgan fingerprint density at radius 1 is 1.25 bits per heavy atom. The lowest BCUT2D eigenvalue weighted by Gasteiger charge is -2.36. The number of aromatic amines is 1. The van der Waals surface area contributed by atoms with Gasteiger partial charge in [0.05, 0.1) is 0 Å². The lowest BCUT2D eigenvalue weighted by atomic mass is 10.0. The number of nitrogens with one attached hydrogen (secondary N) is 2. The third-order valence-corrected chi connectivity index (χ3v) is 4.94. The van der Waals surface area contributed by atoms with Gasteiger partial charge in [-0.15, -0.1) is 0 Å². The zero-order valence-corrected chi connectivity index (χ0v) is 12.9. The molecule has 2 amide bonds. The predicted molar refractivity (Wildman–Crippen MR) is 85.2 cm³/mol. The van der Waals surface area contributed by atoms with Crippen LogP contribution in [0.5, 0.6) is 0 Å². The molecule has 124 valence electrons. The van der Waals surface area contributed by atoms with Crippen LogP contribution < -0.4 is 5.32 Å². The Balaban J connectivity index is 1.63. The van der Waals surface area contributed by atoms with Crippen LogP contribution in [0.25, 0.3) is 10.9 Å². The molecule has 2 aliphatic heterocycles. The Morgan fingerprint density at radius 2 is 2.04 bits per heavy atom. The van der Waals surface area contributed by atoms with E-state index in [1.807, 2.05) is 30.5 Å². The molecule has 24 heavy (non-hydrogen) atoms. The second-order valence-electron chi connectivity index (χ2n) is 6.32. The van der Waals surface area contributed by atoms with Crippen molar-refractivity contribution < 1.29 is 19.5 Å². The van der Waals surface area contributed by atoms with Gasteiger partial charge in [-0.2, -0.15) is 0 Å². The fraction of sp³-hybridized carbons (Fsp3) is 0.353. The molecule has 1 aromatic heterocycles. The normalized spacial score (nSPS) is 26.5. The summed E-state index contributed by atoms with van der Waals surface area (Å²) >= 11 is 0. The molecule has 7 nitrogen and oxygen atoms in total. The summed E-state index contributed by atoms with van der Waals surface area (Å²) in [6.07, 6.45) is 2.88. The number of amides is 2. The summed E-state index contributed by atoms with van der Waals surface area (Å²) in [5, 5.41) is 13.1. The Morgan fingerprint density at radius 3 is 2.83 bits per heavy atom. The van der Waals surface area contributed by atoms with E-state index in [0.29, 0.717) is 19.3 Å². The Hall–Kier alpha value is -2.83. The maximum Gasteiger partial charge on any atom is 0.326 e. The number of para-hydroxylation sites is 1. The van der Waals surface area contributed by atoms with Crippen molar-refractivity contribution in [3.8, 4) is 0 Å². The van der Waals surface area contributed by atoms with Crippen LogP contribution in [0.4, 0.5) is 0 Å². The number of rotatable bonds is 3. The molecule has 3 atom stereocenters. The van der Waals surface area contributed by atoms with E-state index >= 15 is 0 Å². The summed E-state index contributed by atoms with van der Waals surface area (Å²) in [6.45, 7) is 0. The van der Waals surface area contributed by atoms with E-state index in [1.165, 1.54) is 4.90 Å². The molecule has 1 aromatic carbocycles. The largest absolute Gasteiger partial charge is 0.480 e. The van der Waals surface area contributed by atoms with Crippen LogP contribution in [-0.4, -0.2) is 50.9 Å². The van der Waals surface area contributed by atoms with E-state index in [2.05, 4.69) is 10.3 Å². The number of aliphatic carboxylic acids is 1. The van der Waals surface area contributed by atoms with Crippen LogP contribution in [0.15, 0.2) is 30.5 Å². The molecule has 4 rings (SSSR count). The van der Waals surface area contributed by atoms with Gasteiger partial charge in [-0.1, -0.05) is 18.2 Å². The molecule has 0 bridgehead atoms. The first kappa shape index (κ1) is 14.7. The maximum absolute atomic E-state index is 12.8. The molecule has 0 unspecified atom stereocenters. The van der Waals surface area contributed by atoms with Crippen LogP contribution in [-0.2, 0) is 20.8 Å². The number of aromatic nitrogens is 1. The van der Waals surface area contributed by atoms with Crippen LogP contribution in [0, 0.1) is 0 Å². The van der Waals surface area contributed by atoms with E-state index < -0.39 is 24.1 Å². The van der Waals surface area contributed by atoms with Crippen LogP contribution in [0.3, 0.4) is 0 Å². The minimum Gasteiger partial charge on any atom is -0.480 e. The average Bonchev–Trinajstić information content (AvgIpc) is 3.17. The third-order valence-electron chi connectivity index (χ3n) is 4.94. The SMILES string of the molecule is O=C1N[C@@H](Cc2c[nH]c3ccccc23)C(=O)N2[C@@H]1CC[C@H]2C(=O)O. The van der Waals surface area contributed by atoms with Crippen molar-refractivity contribution in [1.29, 1.82) is 0 Å². The summed E-state index contributed by atoms with van der Waals surface area (Å²) in [4.78, 5) is 40.8. The Kier molecular flexibility index (Phi) is 3.30. The van der Waals surface area contributed by atoms with Gasteiger partial charge in [0.15, 0.2) is 0 Å². The van der Waals surface area contributed by atoms with Crippen molar-refractivity contribution in [3.63, 3.8) is 0 Å². The quantitative estimate of drug-likeness (QED) is 0.770. The number of hydrogen-bond acceptors (Lipinski definition) is 3. The van der Waals surface area contributed by atoms with E-state index in [1.54, 1.807) is 0 Å². The molecule has 0 radical (unpaired) electrons. The number of carbonyl (C=O) groups is 3. The summed E-state index contributed by atoms with van der Waals surface area (Å²) < 4.78 is 0. The van der Waals surface area contributed by atoms with E-state index in [4.69, 9.17) is 0 Å². The molecule has 2 aliphatic rings. The Bertz CT molecular complexity index is 837. The first-order valence-electron chi connectivity index (χ1n) is 7.96. The van der Waals surface area contributed by atoms with Crippen LogP contribution in [0.2, 0.25) is 0 Å². The molecular formula is C17H17N3O4. The summed E-state index contributed by atoms with van der Waals surface area (Å²) in [5.41, 5.74) is 1.89. The van der Waals surface area contributed by atoms with Crippen molar-refractivity contribution in [2.24, 2.45) is 0 Å². The molecule has 0 spiro atoms. The highest BCUT2D eigenvalue weighted by atomic mass is 16.4. The third kappa shape index (κ3) is 2.16. The zero-order chi connectivity index (χ0) is 16.8. The molecular weight excluding hydrogens is 310 g/mol. The smallest absolute Gasteiger partial charge is 0.326 e. The minimum absolute atomic E-state index is 0.261. The molecule has 3 heterocycles. The van der Waals surface area contributed by atoms with E-state index in [0.717, 1.165) is 16.5 Å². The van der Waals surface area contributed by atoms with Gasteiger partial charge in [-0.3, -0.25) is 9.59 Å². The van der Waals surface area contributed by atoms with Crippen LogP contribution >= 0.6 is 0 Å². The fourth-order valence-corrected chi connectivity index (χ4v) is 3.79. The number of carboxylic acid groups (broad SMARTS) is 1. The number of carboxylic acids is 1. The molecule has 0 aliphatic carbocycles. The Labute approximate surface area is 137 Å². The van der Waals surface area contributed by atoms with Crippen molar-refractivity contribution in [2.75, 3.05) is 0 Å². The maximum atomic E-state index is 12.8. The van der Waals surface area contributed by atoms with Gasteiger partial charge in [0, 0.05) is 23.5 Å². The number of fused-ring (bicyclic) bond motifs is 2. The van der Waals surface area contributed by atoms with Gasteiger partial charge in [0.25, 0.3) is 0 Å². The lowest BCUT2D eigenvalue weighted by molar-refractivity contribution is -0.156. The molecule has 0 saturated carbocycles. The second kappa shape index (κ2) is 5.36. The predicted octanol–water partition coefficient (Wildman–Crippen LogP) is 0.653. The monoisotopic (exact) mass is 327 g/mol. The van der Waals surface area contributed by atoms with Gasteiger partial charge >= 0.3 is 5.97 Å². The fourth-order valence-electron chi connectivity index (χ4n) is 3.79. The number of nitrogens with zero attached hydrogens (tertiary/aromatic N) is 1. The van der Waals surface area contributed by atoms with Crippen molar-refractivity contribution in [1.82, 2.24) is 15.2 Å². The summed E-state index contributed by atoms with van der Waals surface area (Å²) in [6, 6.07) is 5.44. The molecule has 2 fully saturated rings. The van der Waals surface area contributed by atoms with E-state index in [9.17, 15) is 19.5 Å². The van der Waals surface area contributed by atoms with Gasteiger partial charge in [0.1, 0.15) is 18.1 Å². The second-order valence-corrected chi connectivity index (χ2v) is 6.32. The molecule has 3 N–H and O–H groups in total. The lowest BCUT2D eigenvalue weighted by Crippen LogP contribution is -2.64. The zero-order valence-electron chi connectivity index (χ0n) is 12.9. The van der Waals surface area contributed by atoms with E-state index in [-0.39, 0.29) is 11.8 Å². The average molecular weight is 327 g/mol. The van der Waals surface area contributed by atoms with Gasteiger partial charge < -0.3 is 20.3 Å². The minimum atomic E-state index is -1.05.